The zero-order valence-electron chi connectivity index (χ0n) is 16.2. The first-order valence-electron chi connectivity index (χ1n) is 9.80. The van der Waals surface area contributed by atoms with E-state index in [1.54, 1.807) is 6.33 Å². The van der Waals surface area contributed by atoms with E-state index in [0.717, 1.165) is 57.1 Å². The van der Waals surface area contributed by atoms with E-state index < -0.39 is 0 Å². The summed E-state index contributed by atoms with van der Waals surface area (Å²) in [6.45, 7) is 4.60. The van der Waals surface area contributed by atoms with Crippen LogP contribution in [-0.2, 0) is 19.4 Å². The number of halogens is 1. The normalized spacial score (nSPS) is 16.5. The van der Waals surface area contributed by atoms with Crippen molar-refractivity contribution in [3.05, 3.63) is 48.2 Å². The van der Waals surface area contributed by atoms with E-state index in [1.165, 1.54) is 16.5 Å². The van der Waals surface area contributed by atoms with E-state index >= 15 is 0 Å². The van der Waals surface area contributed by atoms with E-state index in [1.807, 2.05) is 4.68 Å². The smallest absolute Gasteiger partial charge is 0.191 e. The van der Waals surface area contributed by atoms with Crippen LogP contribution in [0, 0.1) is 0 Å². The molecule has 1 aromatic carbocycles. The molecule has 0 radical (unpaired) electrons. The summed E-state index contributed by atoms with van der Waals surface area (Å²) in [5.41, 5.74) is 2.57. The highest BCUT2D eigenvalue weighted by Gasteiger charge is 2.20. The van der Waals surface area contributed by atoms with Gasteiger partial charge in [-0.3, -0.25) is 4.99 Å². The van der Waals surface area contributed by atoms with Crippen molar-refractivity contribution in [3.63, 3.8) is 0 Å². The number of H-pyrrole nitrogens is 1. The lowest BCUT2D eigenvalue weighted by Crippen LogP contribution is -2.47. The SMILES string of the molecule is CCNC(=NCCCc1c[nH]c2ccccc12)NC1CCc2ncnn2C1.I. The zero-order valence-corrected chi connectivity index (χ0v) is 18.5. The van der Waals surface area contributed by atoms with Crippen molar-refractivity contribution in [2.24, 2.45) is 4.99 Å². The lowest BCUT2D eigenvalue weighted by molar-refractivity contribution is 0.392. The predicted molar refractivity (Wildman–Crippen MR) is 123 cm³/mol. The number of guanidine groups is 1. The third kappa shape index (κ3) is 4.84. The number of hydrogen-bond donors (Lipinski definition) is 3. The Hall–Kier alpha value is -2.10. The van der Waals surface area contributed by atoms with E-state index in [-0.39, 0.29) is 24.0 Å². The molecule has 1 aliphatic rings. The van der Waals surface area contributed by atoms with Crippen LogP contribution >= 0.6 is 24.0 Å². The van der Waals surface area contributed by atoms with E-state index in [2.05, 4.69) is 63.1 Å². The van der Waals surface area contributed by atoms with E-state index in [4.69, 9.17) is 4.99 Å². The Morgan fingerprint density at radius 1 is 1.36 bits per heavy atom. The number of nitrogens with one attached hydrogen (secondary N) is 3. The monoisotopic (exact) mass is 493 g/mol. The number of fused-ring (bicyclic) bond motifs is 2. The quantitative estimate of drug-likeness (QED) is 0.214. The van der Waals surface area contributed by atoms with Gasteiger partial charge in [0.2, 0.25) is 0 Å². The number of aromatic amines is 1. The molecule has 0 saturated heterocycles. The fraction of sp³-hybridized carbons (Fsp3) is 0.450. The molecule has 4 rings (SSSR count). The maximum absolute atomic E-state index is 4.77. The lowest BCUT2D eigenvalue weighted by atomic mass is 10.1. The number of para-hydroxylation sites is 1. The summed E-state index contributed by atoms with van der Waals surface area (Å²) in [5.74, 6) is 1.97. The van der Waals surface area contributed by atoms with E-state index in [0.29, 0.717) is 6.04 Å². The lowest BCUT2D eigenvalue weighted by Gasteiger charge is -2.25. The first-order chi connectivity index (χ1) is 13.3. The molecule has 3 aromatic rings. The molecule has 1 atom stereocenters. The number of nitrogens with zero attached hydrogens (tertiary/aromatic N) is 4. The van der Waals surface area contributed by atoms with Gasteiger partial charge in [0.05, 0.1) is 6.54 Å². The van der Waals surface area contributed by atoms with Gasteiger partial charge in [0.25, 0.3) is 0 Å². The fourth-order valence-electron chi connectivity index (χ4n) is 3.67. The maximum atomic E-state index is 4.77. The summed E-state index contributed by atoms with van der Waals surface area (Å²) in [6, 6.07) is 8.79. The van der Waals surface area contributed by atoms with Gasteiger partial charge < -0.3 is 15.6 Å². The molecule has 2 aromatic heterocycles. The third-order valence-corrected chi connectivity index (χ3v) is 5.04. The second kappa shape index (κ2) is 9.90. The van der Waals surface area contributed by atoms with Crippen molar-refractivity contribution in [2.75, 3.05) is 13.1 Å². The molecule has 0 fully saturated rings. The minimum absolute atomic E-state index is 0. The average molecular weight is 493 g/mol. The second-order valence-corrected chi connectivity index (χ2v) is 6.96. The summed E-state index contributed by atoms with van der Waals surface area (Å²) in [4.78, 5) is 12.4. The molecule has 8 heteroatoms. The molecule has 0 bridgehead atoms. The van der Waals surface area contributed by atoms with E-state index in [9.17, 15) is 0 Å². The van der Waals surface area contributed by atoms with Crippen LogP contribution in [0.4, 0.5) is 0 Å². The Morgan fingerprint density at radius 2 is 2.25 bits per heavy atom. The molecule has 3 heterocycles. The highest BCUT2D eigenvalue weighted by atomic mass is 127. The topological polar surface area (TPSA) is 82.9 Å². The molecule has 0 amide bonds. The summed E-state index contributed by atoms with van der Waals surface area (Å²) in [6.07, 6.45) is 7.82. The Kier molecular flexibility index (Phi) is 7.30. The molecule has 150 valence electrons. The van der Waals surface area contributed by atoms with Crippen LogP contribution in [-0.4, -0.2) is 44.8 Å². The first-order valence-corrected chi connectivity index (χ1v) is 9.80. The van der Waals surface area contributed by atoms with Gasteiger partial charge in [0.1, 0.15) is 12.2 Å². The molecule has 0 spiro atoms. The molecule has 1 unspecified atom stereocenters. The van der Waals surface area contributed by atoms with Gasteiger partial charge in [-0.05, 0) is 37.8 Å². The van der Waals surface area contributed by atoms with Crippen LogP contribution in [0.15, 0.2) is 41.8 Å². The van der Waals surface area contributed by atoms with Crippen LogP contribution in [0.25, 0.3) is 10.9 Å². The Labute approximate surface area is 182 Å². The van der Waals surface area contributed by atoms with Crippen LogP contribution < -0.4 is 10.6 Å². The Bertz CT molecular complexity index is 914. The summed E-state index contributed by atoms with van der Waals surface area (Å²) < 4.78 is 1.99. The summed E-state index contributed by atoms with van der Waals surface area (Å²) in [5, 5.41) is 12.5. The van der Waals surface area contributed by atoms with Crippen LogP contribution in [0.1, 0.15) is 31.2 Å². The third-order valence-electron chi connectivity index (χ3n) is 5.04. The molecule has 0 aliphatic carbocycles. The summed E-state index contributed by atoms with van der Waals surface area (Å²) >= 11 is 0. The van der Waals surface area contributed by atoms with Crippen molar-refractivity contribution in [2.45, 2.75) is 45.2 Å². The molecular formula is C20H28IN7. The summed E-state index contributed by atoms with van der Waals surface area (Å²) in [7, 11) is 0. The number of benzene rings is 1. The molecule has 1 aliphatic heterocycles. The van der Waals surface area contributed by atoms with Gasteiger partial charge in [0.15, 0.2) is 5.96 Å². The maximum Gasteiger partial charge on any atom is 0.191 e. The van der Waals surface area contributed by atoms with Crippen LogP contribution in [0.3, 0.4) is 0 Å². The second-order valence-electron chi connectivity index (χ2n) is 6.96. The number of aryl methyl sites for hydroxylation is 2. The van der Waals surface area contributed by atoms with Crippen molar-refractivity contribution in [3.8, 4) is 0 Å². The number of aliphatic imine (C=N–C) groups is 1. The number of rotatable bonds is 6. The van der Waals surface area contributed by atoms with Crippen molar-refractivity contribution in [1.29, 1.82) is 0 Å². The largest absolute Gasteiger partial charge is 0.361 e. The van der Waals surface area contributed by atoms with Gasteiger partial charge >= 0.3 is 0 Å². The van der Waals surface area contributed by atoms with Gasteiger partial charge in [-0.1, -0.05) is 18.2 Å². The Morgan fingerprint density at radius 3 is 3.14 bits per heavy atom. The Balaban J connectivity index is 0.00000225. The predicted octanol–water partition coefficient (Wildman–Crippen LogP) is 2.88. The number of aromatic nitrogens is 4. The molecule has 3 N–H and O–H groups in total. The average Bonchev–Trinajstić information content (AvgIpc) is 3.32. The van der Waals surface area contributed by atoms with Crippen LogP contribution in [0.5, 0.6) is 0 Å². The van der Waals surface area contributed by atoms with Gasteiger partial charge in [-0.2, -0.15) is 5.10 Å². The molecular weight excluding hydrogens is 465 g/mol. The van der Waals surface area contributed by atoms with Gasteiger partial charge in [-0.15, -0.1) is 24.0 Å². The van der Waals surface area contributed by atoms with Crippen molar-refractivity contribution < 1.29 is 0 Å². The minimum Gasteiger partial charge on any atom is -0.361 e. The highest BCUT2D eigenvalue weighted by molar-refractivity contribution is 14.0. The van der Waals surface area contributed by atoms with Gasteiger partial charge in [0, 0.05) is 42.7 Å². The zero-order chi connectivity index (χ0) is 18.5. The van der Waals surface area contributed by atoms with Crippen molar-refractivity contribution >= 4 is 40.8 Å². The standard InChI is InChI=1S/C20H27N7.HI/c1-2-21-20(26-16-9-10-19-24-14-25-27(19)13-16)22-11-5-6-15-12-23-18-8-4-3-7-17(15)18;/h3-4,7-8,12,14,16,23H,2,5-6,9-11,13H2,1H3,(H2,21,22,26);1H. The van der Waals surface area contributed by atoms with Gasteiger partial charge in [-0.25, -0.2) is 9.67 Å². The first kappa shape index (κ1) is 20.6. The molecule has 28 heavy (non-hydrogen) atoms. The van der Waals surface area contributed by atoms with Crippen LogP contribution in [0.2, 0.25) is 0 Å². The minimum atomic E-state index is 0. The number of hydrogen-bond acceptors (Lipinski definition) is 3. The highest BCUT2D eigenvalue weighted by Crippen LogP contribution is 2.18. The van der Waals surface area contributed by atoms with Crippen molar-refractivity contribution in [1.82, 2.24) is 30.4 Å². The molecule has 0 saturated carbocycles. The fourth-order valence-corrected chi connectivity index (χ4v) is 3.67. The molecule has 7 nitrogen and oxygen atoms in total.